The Balaban J connectivity index is 3.73. The summed E-state index contributed by atoms with van der Waals surface area (Å²) in [6, 6.07) is -1.81. The lowest BCUT2D eigenvalue weighted by Gasteiger charge is -2.10. The van der Waals surface area contributed by atoms with Crippen LogP contribution in [0.5, 0.6) is 0 Å². The van der Waals surface area contributed by atoms with Gasteiger partial charge in [0.15, 0.2) is 6.61 Å². The molecule has 0 heterocycles. The van der Waals surface area contributed by atoms with Crippen molar-refractivity contribution < 1.29 is 29.1 Å². The highest BCUT2D eigenvalue weighted by Crippen LogP contribution is 2.22. The average Bonchev–Trinajstić information content (AvgIpc) is 2.39. The third kappa shape index (κ3) is 8.67. The largest absolute Gasteiger partial charge is 0.479 e. The Kier molecular flexibility index (Phi) is 9.34. The third-order valence-corrected chi connectivity index (χ3v) is 4.11. The fraction of sp³-hybridized carbons (Fsp3) is 0.625. The Labute approximate surface area is 116 Å². The van der Waals surface area contributed by atoms with Crippen LogP contribution in [0.2, 0.25) is 0 Å². The first-order valence-corrected chi connectivity index (χ1v) is 7.41. The van der Waals surface area contributed by atoms with Gasteiger partial charge in [0, 0.05) is 11.5 Å². The molecule has 7 N–H and O–H groups in total. The van der Waals surface area contributed by atoms with E-state index in [1.54, 1.807) is 0 Å². The van der Waals surface area contributed by atoms with E-state index in [0.29, 0.717) is 0 Å². The van der Waals surface area contributed by atoms with Crippen LogP contribution < -0.4 is 17.4 Å². The van der Waals surface area contributed by atoms with Crippen molar-refractivity contribution in [3.63, 3.8) is 0 Å². The van der Waals surface area contributed by atoms with Gasteiger partial charge in [-0.05, 0) is 0 Å². The quantitative estimate of drug-likeness (QED) is 0.162. The number of carboxylic acids is 1. The van der Waals surface area contributed by atoms with Gasteiger partial charge in [-0.25, -0.2) is 9.59 Å². The van der Waals surface area contributed by atoms with E-state index in [9.17, 15) is 14.4 Å². The van der Waals surface area contributed by atoms with Crippen molar-refractivity contribution in [1.29, 1.82) is 0 Å². The maximum Gasteiger partial charge on any atom is 0.342 e. The lowest BCUT2D eigenvalue weighted by Crippen LogP contribution is -2.36. The van der Waals surface area contributed by atoms with Gasteiger partial charge in [-0.3, -0.25) is 4.79 Å². The van der Waals surface area contributed by atoms with Crippen molar-refractivity contribution in [2.24, 2.45) is 17.4 Å². The molecule has 0 radical (unpaired) electrons. The molecule has 9 nitrogen and oxygen atoms in total. The summed E-state index contributed by atoms with van der Waals surface area (Å²) in [7, 11) is 2.40. The fourth-order valence-electron chi connectivity index (χ4n) is 0.706. The maximum absolute atomic E-state index is 11.2. The zero-order valence-electron chi connectivity index (χ0n) is 9.81. The zero-order chi connectivity index (χ0) is 14.8. The van der Waals surface area contributed by atoms with Crippen LogP contribution in [0.15, 0.2) is 0 Å². The van der Waals surface area contributed by atoms with Crippen LogP contribution in [0.25, 0.3) is 0 Å². The molecule has 2 atom stereocenters. The van der Waals surface area contributed by atoms with Crippen molar-refractivity contribution >= 4 is 39.5 Å². The Hall–Kier alpha value is -1.01. The lowest BCUT2D eigenvalue weighted by molar-refractivity contribution is -0.155. The number of aliphatic carboxylic acids is 1. The first-order valence-electron chi connectivity index (χ1n) is 4.93. The highest BCUT2D eigenvalue weighted by molar-refractivity contribution is 8.76. The molecule has 0 spiro atoms. The van der Waals surface area contributed by atoms with E-state index in [2.05, 4.69) is 15.5 Å². The summed E-state index contributed by atoms with van der Waals surface area (Å²) >= 11 is 0. The van der Waals surface area contributed by atoms with Gasteiger partial charge in [-0.1, -0.05) is 21.6 Å². The number of hydrogen-bond acceptors (Lipinski definition) is 10. The van der Waals surface area contributed by atoms with Gasteiger partial charge in [-0.15, -0.1) is 0 Å². The second kappa shape index (κ2) is 9.86. The molecule has 0 aromatic carbocycles. The second-order valence-corrected chi connectivity index (χ2v) is 5.77. The normalized spacial score (nSPS) is 13.4. The monoisotopic (exact) mass is 313 g/mol. The lowest BCUT2D eigenvalue weighted by atomic mass is 10.4. The van der Waals surface area contributed by atoms with Crippen molar-refractivity contribution in [3.05, 3.63) is 0 Å². The Bertz CT molecular complexity index is 330. The maximum atomic E-state index is 11.2. The number of rotatable bonds is 9. The molecule has 0 amide bonds. The Morgan fingerprint density at radius 1 is 1.05 bits per heavy atom. The predicted octanol–water partition coefficient (Wildman–Crippen LogP) is -1.93. The van der Waals surface area contributed by atoms with Crippen molar-refractivity contribution in [1.82, 2.24) is 0 Å². The standard InChI is InChI=1S/C8H15N3O6S2/c9-4(7(14)16-1-6(12)13)2-18-19-3-5(10)8(15)17-11/h4-5H,1-3,9-11H2,(H,12,13)/t4-,5-/m0/s1. The topological polar surface area (TPSA) is 168 Å². The molecule has 11 heteroatoms. The number of esters is 1. The van der Waals surface area contributed by atoms with E-state index >= 15 is 0 Å². The Morgan fingerprint density at radius 3 is 1.95 bits per heavy atom. The van der Waals surface area contributed by atoms with E-state index in [4.69, 9.17) is 16.6 Å². The first kappa shape index (κ1) is 18.0. The number of carbonyl (C=O) groups excluding carboxylic acids is 2. The van der Waals surface area contributed by atoms with E-state index < -0.39 is 36.6 Å². The van der Waals surface area contributed by atoms with E-state index in [1.807, 2.05) is 0 Å². The van der Waals surface area contributed by atoms with E-state index in [-0.39, 0.29) is 11.5 Å². The third-order valence-electron chi connectivity index (χ3n) is 1.64. The molecule has 0 aliphatic carbocycles. The van der Waals surface area contributed by atoms with E-state index in [0.717, 1.165) is 0 Å². The van der Waals surface area contributed by atoms with Crippen LogP contribution in [-0.2, 0) is 24.0 Å². The molecule has 0 bridgehead atoms. The van der Waals surface area contributed by atoms with Crippen LogP contribution in [-0.4, -0.2) is 53.2 Å². The average molecular weight is 313 g/mol. The highest BCUT2D eigenvalue weighted by atomic mass is 33.1. The molecule has 0 rings (SSSR count). The smallest absolute Gasteiger partial charge is 0.342 e. The molecule has 0 aromatic heterocycles. The molecule has 0 aliphatic rings. The highest BCUT2D eigenvalue weighted by Gasteiger charge is 2.18. The minimum Gasteiger partial charge on any atom is -0.479 e. The minimum absolute atomic E-state index is 0.188. The number of nitrogens with two attached hydrogens (primary N) is 3. The van der Waals surface area contributed by atoms with Crippen molar-refractivity contribution in [2.75, 3.05) is 18.1 Å². The number of ether oxygens (including phenoxy) is 1. The van der Waals surface area contributed by atoms with Gasteiger partial charge in [0.2, 0.25) is 0 Å². The van der Waals surface area contributed by atoms with Crippen LogP contribution >= 0.6 is 21.6 Å². The summed E-state index contributed by atoms with van der Waals surface area (Å²) in [5.74, 6) is 2.27. The fourth-order valence-corrected chi connectivity index (χ4v) is 2.92. The van der Waals surface area contributed by atoms with Crippen LogP contribution in [0.3, 0.4) is 0 Å². The van der Waals surface area contributed by atoms with Gasteiger partial charge < -0.3 is 26.1 Å². The molecule has 0 aliphatic heterocycles. The summed E-state index contributed by atoms with van der Waals surface area (Å²) in [6.07, 6.45) is 0. The number of carboxylic acid groups (broad SMARTS) is 1. The SMILES string of the molecule is NOC(=O)[C@@H](N)CSSC[C@H](N)C(=O)OCC(=O)O. The summed E-state index contributed by atoms with van der Waals surface area (Å²) in [4.78, 5) is 36.1. The predicted molar refractivity (Wildman–Crippen MR) is 69.7 cm³/mol. The van der Waals surface area contributed by atoms with E-state index in [1.165, 1.54) is 21.6 Å². The molecule has 0 fully saturated rings. The second-order valence-electron chi connectivity index (χ2n) is 3.22. The molecular weight excluding hydrogens is 298 g/mol. The number of carbonyl (C=O) groups is 3. The van der Waals surface area contributed by atoms with Crippen molar-refractivity contribution in [3.8, 4) is 0 Å². The van der Waals surface area contributed by atoms with Gasteiger partial charge >= 0.3 is 17.9 Å². The summed E-state index contributed by atoms with van der Waals surface area (Å²) < 4.78 is 4.40. The molecule has 0 saturated carbocycles. The molecule has 0 unspecified atom stereocenters. The summed E-state index contributed by atoms with van der Waals surface area (Å²) in [5.41, 5.74) is 10.9. The van der Waals surface area contributed by atoms with Crippen LogP contribution in [0, 0.1) is 0 Å². The molecule has 0 aromatic rings. The molecule has 110 valence electrons. The van der Waals surface area contributed by atoms with Crippen molar-refractivity contribution in [2.45, 2.75) is 12.1 Å². The molecule has 0 saturated heterocycles. The van der Waals surface area contributed by atoms with Crippen LogP contribution in [0.1, 0.15) is 0 Å². The summed E-state index contributed by atoms with van der Waals surface area (Å²) in [6.45, 7) is -0.725. The summed E-state index contributed by atoms with van der Waals surface area (Å²) in [5, 5.41) is 8.30. The molecular formula is C8H15N3O6S2. The number of hydrogen-bond donors (Lipinski definition) is 4. The minimum atomic E-state index is -1.26. The first-order chi connectivity index (χ1) is 8.88. The van der Waals surface area contributed by atoms with Gasteiger partial charge in [-0.2, -0.15) is 5.90 Å². The molecule has 19 heavy (non-hydrogen) atoms. The van der Waals surface area contributed by atoms with Gasteiger partial charge in [0.25, 0.3) is 0 Å². The van der Waals surface area contributed by atoms with Gasteiger partial charge in [0.05, 0.1) is 0 Å². The van der Waals surface area contributed by atoms with Crippen LogP contribution in [0.4, 0.5) is 0 Å². The van der Waals surface area contributed by atoms with Gasteiger partial charge in [0.1, 0.15) is 12.1 Å². The Morgan fingerprint density at radius 2 is 1.53 bits per heavy atom. The zero-order valence-corrected chi connectivity index (χ0v) is 11.4.